The van der Waals surface area contributed by atoms with Crippen LogP contribution in [0.2, 0.25) is 0 Å². The van der Waals surface area contributed by atoms with Crippen molar-refractivity contribution < 1.29 is 19.0 Å². The van der Waals surface area contributed by atoms with Crippen molar-refractivity contribution in [3.05, 3.63) is 11.4 Å². The lowest BCUT2D eigenvalue weighted by Crippen LogP contribution is -2.15. The molecule has 62 valence electrons. The Morgan fingerprint density at radius 3 is 3.00 bits per heavy atom. The Balaban J connectivity index is 2.71. The molecule has 4 heteroatoms. The summed E-state index contributed by atoms with van der Waals surface area (Å²) in [7, 11) is 0. The molecule has 1 aliphatic rings. The Bertz CT molecular complexity index is 198. The van der Waals surface area contributed by atoms with Crippen molar-refractivity contribution in [2.24, 2.45) is 0 Å². The lowest BCUT2D eigenvalue weighted by atomic mass is 10.1. The Morgan fingerprint density at radius 2 is 2.36 bits per heavy atom. The molecule has 1 N–H and O–H groups in total. The zero-order valence-corrected chi connectivity index (χ0v) is 5.97. The Kier molecular flexibility index (Phi) is 2.59. The predicted octanol–water partition coefficient (Wildman–Crippen LogP) is 0.539. The average molecular weight is 160 g/mol. The van der Waals surface area contributed by atoms with E-state index in [0.717, 1.165) is 0 Å². The van der Waals surface area contributed by atoms with Gasteiger partial charge in [-0.15, -0.1) is 0 Å². The van der Waals surface area contributed by atoms with Crippen LogP contribution in [-0.4, -0.2) is 24.3 Å². The van der Waals surface area contributed by atoms with Crippen LogP contribution in [0, 0.1) is 0 Å². The maximum absolute atomic E-state index is 12.7. The topological polar surface area (TPSA) is 46.5 Å². The fraction of sp³-hybridized carbons (Fsp3) is 0.571. The fourth-order valence-electron chi connectivity index (χ4n) is 0.954. The predicted molar refractivity (Wildman–Crippen MR) is 35.4 cm³/mol. The molecule has 1 aliphatic heterocycles. The summed E-state index contributed by atoms with van der Waals surface area (Å²) in [6.07, 6.45) is 0.624. The molecule has 3 nitrogen and oxygen atoms in total. The Hall–Kier alpha value is -0.900. The molecule has 0 aliphatic carbocycles. The van der Waals surface area contributed by atoms with E-state index in [9.17, 15) is 9.18 Å². The van der Waals surface area contributed by atoms with E-state index in [0.29, 0.717) is 12.0 Å². The summed E-state index contributed by atoms with van der Waals surface area (Å²) >= 11 is 0. The molecule has 1 heterocycles. The van der Waals surface area contributed by atoms with Crippen LogP contribution in [0.25, 0.3) is 0 Å². The number of ether oxygens (including phenoxy) is 1. The molecule has 0 radical (unpaired) electrons. The van der Waals surface area contributed by atoms with Crippen molar-refractivity contribution in [1.29, 1.82) is 0 Å². The maximum atomic E-state index is 12.7. The van der Waals surface area contributed by atoms with Crippen molar-refractivity contribution in [2.75, 3.05) is 13.2 Å². The van der Waals surface area contributed by atoms with Crippen molar-refractivity contribution in [3.8, 4) is 0 Å². The number of esters is 1. The van der Waals surface area contributed by atoms with Gasteiger partial charge in [-0.2, -0.15) is 4.39 Å². The van der Waals surface area contributed by atoms with Crippen LogP contribution < -0.4 is 0 Å². The number of rotatable bonds is 2. The SMILES string of the molecule is O=C1OCCC(CCO)=C1F. The molecule has 0 spiro atoms. The number of aliphatic hydroxyl groups is 1. The second kappa shape index (κ2) is 3.48. The van der Waals surface area contributed by atoms with Gasteiger partial charge in [0.2, 0.25) is 5.83 Å². The van der Waals surface area contributed by atoms with Gasteiger partial charge in [-0.1, -0.05) is 0 Å². The van der Waals surface area contributed by atoms with Gasteiger partial charge in [0.25, 0.3) is 0 Å². The lowest BCUT2D eigenvalue weighted by molar-refractivity contribution is -0.142. The van der Waals surface area contributed by atoms with Crippen LogP contribution in [-0.2, 0) is 9.53 Å². The van der Waals surface area contributed by atoms with Crippen LogP contribution in [0.3, 0.4) is 0 Å². The largest absolute Gasteiger partial charge is 0.460 e. The third-order valence-electron chi connectivity index (χ3n) is 1.54. The molecular formula is C7H9FO3. The van der Waals surface area contributed by atoms with Crippen molar-refractivity contribution in [2.45, 2.75) is 12.8 Å². The van der Waals surface area contributed by atoms with Crippen molar-refractivity contribution in [1.82, 2.24) is 0 Å². The minimum Gasteiger partial charge on any atom is -0.460 e. The molecule has 0 bridgehead atoms. The summed E-state index contributed by atoms with van der Waals surface area (Å²) in [6.45, 7) is 0.0949. The standard InChI is InChI=1S/C7H9FO3/c8-6-5(1-3-9)2-4-11-7(6)10/h9H,1-4H2. The Labute approximate surface area is 63.5 Å². The van der Waals surface area contributed by atoms with Gasteiger partial charge in [-0.25, -0.2) is 4.79 Å². The van der Waals surface area contributed by atoms with E-state index in [1.54, 1.807) is 0 Å². The summed E-state index contributed by atoms with van der Waals surface area (Å²) in [5.41, 5.74) is 0.365. The zero-order valence-electron chi connectivity index (χ0n) is 5.97. The number of carbonyl (C=O) groups excluding carboxylic acids is 1. The van der Waals surface area contributed by atoms with E-state index in [1.807, 2.05) is 0 Å². The van der Waals surface area contributed by atoms with E-state index in [2.05, 4.69) is 4.74 Å². The van der Waals surface area contributed by atoms with Crippen molar-refractivity contribution in [3.63, 3.8) is 0 Å². The summed E-state index contributed by atoms with van der Waals surface area (Å²) in [4.78, 5) is 10.5. The first kappa shape index (κ1) is 8.20. The van der Waals surface area contributed by atoms with E-state index in [-0.39, 0.29) is 19.6 Å². The maximum Gasteiger partial charge on any atom is 0.367 e. The normalized spacial score (nSPS) is 18.5. The van der Waals surface area contributed by atoms with Crippen LogP contribution in [0.5, 0.6) is 0 Å². The molecule has 0 amide bonds. The number of hydrogen-bond donors (Lipinski definition) is 1. The first-order chi connectivity index (χ1) is 5.25. The lowest BCUT2D eigenvalue weighted by Gasteiger charge is -2.13. The number of carbonyl (C=O) groups is 1. The third kappa shape index (κ3) is 1.77. The van der Waals surface area contributed by atoms with Gasteiger partial charge in [0.15, 0.2) is 0 Å². The van der Waals surface area contributed by atoms with E-state index < -0.39 is 11.8 Å². The molecule has 0 saturated heterocycles. The van der Waals surface area contributed by atoms with Gasteiger partial charge in [0.1, 0.15) is 0 Å². The molecule has 0 aromatic carbocycles. The molecule has 0 aromatic heterocycles. The molecule has 0 fully saturated rings. The van der Waals surface area contributed by atoms with Gasteiger partial charge in [0.05, 0.1) is 6.61 Å². The molecule has 11 heavy (non-hydrogen) atoms. The molecule has 0 aromatic rings. The molecule has 0 unspecified atom stereocenters. The zero-order chi connectivity index (χ0) is 8.27. The van der Waals surface area contributed by atoms with E-state index in [4.69, 9.17) is 5.11 Å². The smallest absolute Gasteiger partial charge is 0.367 e. The average Bonchev–Trinajstić information content (AvgIpc) is 1.99. The quantitative estimate of drug-likeness (QED) is 0.599. The molecule has 0 atom stereocenters. The third-order valence-corrected chi connectivity index (χ3v) is 1.54. The molecule has 1 rings (SSSR count). The van der Waals surface area contributed by atoms with Crippen LogP contribution in [0.4, 0.5) is 4.39 Å². The fourth-order valence-corrected chi connectivity index (χ4v) is 0.954. The van der Waals surface area contributed by atoms with Crippen LogP contribution in [0.1, 0.15) is 12.8 Å². The molecular weight excluding hydrogens is 151 g/mol. The highest BCUT2D eigenvalue weighted by Gasteiger charge is 2.20. The summed E-state index contributed by atoms with van der Waals surface area (Å²) < 4.78 is 17.1. The minimum absolute atomic E-state index is 0.129. The minimum atomic E-state index is -0.903. The monoisotopic (exact) mass is 160 g/mol. The van der Waals surface area contributed by atoms with Gasteiger partial charge < -0.3 is 9.84 Å². The first-order valence-electron chi connectivity index (χ1n) is 3.41. The molecule has 0 saturated carbocycles. The second-order valence-electron chi connectivity index (χ2n) is 2.28. The highest BCUT2D eigenvalue weighted by Crippen LogP contribution is 2.20. The Morgan fingerprint density at radius 1 is 1.64 bits per heavy atom. The number of aliphatic hydroxyl groups excluding tert-OH is 1. The van der Waals surface area contributed by atoms with Gasteiger partial charge >= 0.3 is 5.97 Å². The van der Waals surface area contributed by atoms with Crippen molar-refractivity contribution >= 4 is 5.97 Å². The highest BCUT2D eigenvalue weighted by molar-refractivity contribution is 5.87. The van der Waals surface area contributed by atoms with Gasteiger partial charge in [0, 0.05) is 13.0 Å². The second-order valence-corrected chi connectivity index (χ2v) is 2.28. The van der Waals surface area contributed by atoms with Gasteiger partial charge in [-0.05, 0) is 12.0 Å². The number of halogens is 1. The summed E-state index contributed by atoms with van der Waals surface area (Å²) in [5, 5.41) is 8.47. The number of hydrogen-bond acceptors (Lipinski definition) is 3. The first-order valence-corrected chi connectivity index (χ1v) is 3.41. The highest BCUT2D eigenvalue weighted by atomic mass is 19.1. The summed E-state index contributed by atoms with van der Waals surface area (Å²) in [6, 6.07) is 0. The van der Waals surface area contributed by atoms with Gasteiger partial charge in [-0.3, -0.25) is 0 Å². The van der Waals surface area contributed by atoms with E-state index in [1.165, 1.54) is 0 Å². The van der Waals surface area contributed by atoms with E-state index >= 15 is 0 Å². The summed E-state index contributed by atoms with van der Waals surface area (Å²) in [5.74, 6) is -1.73. The van der Waals surface area contributed by atoms with Crippen LogP contribution >= 0.6 is 0 Å². The number of cyclic esters (lactones) is 1. The van der Waals surface area contributed by atoms with Crippen LogP contribution in [0.15, 0.2) is 11.4 Å².